The average molecular weight is 330 g/mol. The van der Waals surface area contributed by atoms with Gasteiger partial charge in [0, 0.05) is 11.8 Å². The lowest BCUT2D eigenvalue weighted by Gasteiger charge is -2.26. The van der Waals surface area contributed by atoms with Gasteiger partial charge in [-0.05, 0) is 68.2 Å². The molecular weight excluding hydrogens is 309 g/mol. The molecule has 0 amide bonds. The van der Waals surface area contributed by atoms with E-state index >= 15 is 0 Å². The first-order chi connectivity index (χ1) is 11.2. The van der Waals surface area contributed by atoms with Crippen molar-refractivity contribution in [1.29, 1.82) is 0 Å². The summed E-state index contributed by atoms with van der Waals surface area (Å²) in [5, 5.41) is 0.142. The lowest BCUT2D eigenvalue weighted by molar-refractivity contribution is 0.375. The van der Waals surface area contributed by atoms with Crippen LogP contribution in [0.4, 0.5) is 4.39 Å². The van der Waals surface area contributed by atoms with Crippen molar-refractivity contribution in [2.24, 2.45) is 5.92 Å². The molecular formula is C20H21ClFN. The minimum absolute atomic E-state index is 0.142. The zero-order valence-corrected chi connectivity index (χ0v) is 14.1. The van der Waals surface area contributed by atoms with Gasteiger partial charge in [-0.25, -0.2) is 4.39 Å². The molecule has 120 valence electrons. The molecule has 0 saturated heterocycles. The zero-order chi connectivity index (χ0) is 16.2. The van der Waals surface area contributed by atoms with Crippen LogP contribution in [0.3, 0.4) is 0 Å². The van der Waals surface area contributed by atoms with E-state index in [0.29, 0.717) is 5.92 Å². The molecule has 3 heteroatoms. The molecule has 1 aliphatic carbocycles. The van der Waals surface area contributed by atoms with E-state index in [2.05, 4.69) is 30.1 Å². The van der Waals surface area contributed by atoms with Gasteiger partial charge in [0.15, 0.2) is 0 Å². The molecule has 0 atom stereocenters. The smallest absolute Gasteiger partial charge is 0.142 e. The number of halogens is 2. The van der Waals surface area contributed by atoms with Gasteiger partial charge in [0.2, 0.25) is 0 Å². The number of hydrogen-bond acceptors (Lipinski definition) is 1. The molecule has 1 fully saturated rings. The third kappa shape index (κ3) is 3.81. The van der Waals surface area contributed by atoms with Crippen molar-refractivity contribution in [3.63, 3.8) is 0 Å². The van der Waals surface area contributed by atoms with Crippen molar-refractivity contribution in [2.45, 2.75) is 38.5 Å². The lowest BCUT2D eigenvalue weighted by Crippen LogP contribution is -2.11. The summed E-state index contributed by atoms with van der Waals surface area (Å²) >= 11 is 5.73. The molecule has 0 bridgehead atoms. The van der Waals surface area contributed by atoms with Gasteiger partial charge in [0.1, 0.15) is 5.82 Å². The van der Waals surface area contributed by atoms with Gasteiger partial charge in [-0.15, -0.1) is 0 Å². The van der Waals surface area contributed by atoms with Crippen LogP contribution in [-0.2, 0) is 0 Å². The van der Waals surface area contributed by atoms with Crippen LogP contribution in [0.5, 0.6) is 0 Å². The van der Waals surface area contributed by atoms with E-state index in [0.717, 1.165) is 17.2 Å². The lowest BCUT2D eigenvalue weighted by atomic mass is 9.79. The number of pyridine rings is 1. The standard InChI is InChI=1S/C20H21ClFN/c1-2-3-14-4-6-15(7-5-14)17-9-11-20(23-13-17)16-8-10-18(21)19(22)12-16/h2-3,8-15H,4-7H2,1H3. The first-order valence-corrected chi connectivity index (χ1v) is 8.59. The van der Waals surface area contributed by atoms with Crippen LogP contribution < -0.4 is 0 Å². The molecule has 1 aliphatic rings. The number of aromatic nitrogens is 1. The fourth-order valence-electron chi connectivity index (χ4n) is 3.39. The van der Waals surface area contributed by atoms with E-state index in [4.69, 9.17) is 11.6 Å². The minimum atomic E-state index is -0.405. The molecule has 1 saturated carbocycles. The quantitative estimate of drug-likeness (QED) is 0.594. The highest BCUT2D eigenvalue weighted by Crippen LogP contribution is 2.36. The molecule has 0 unspecified atom stereocenters. The number of allylic oxidation sites excluding steroid dienone is 2. The normalized spacial score (nSPS) is 21.7. The summed E-state index contributed by atoms with van der Waals surface area (Å²) in [7, 11) is 0. The Kier molecular flexibility index (Phi) is 5.12. The van der Waals surface area contributed by atoms with Crippen LogP contribution in [0.15, 0.2) is 48.7 Å². The Morgan fingerprint density at radius 2 is 1.91 bits per heavy atom. The van der Waals surface area contributed by atoms with E-state index in [1.165, 1.54) is 37.3 Å². The molecule has 1 nitrogen and oxygen atoms in total. The Labute approximate surface area is 142 Å². The predicted octanol–water partition coefficient (Wildman–Crippen LogP) is 6.39. The van der Waals surface area contributed by atoms with E-state index in [1.54, 1.807) is 12.1 Å². The van der Waals surface area contributed by atoms with E-state index in [-0.39, 0.29) is 5.02 Å². The minimum Gasteiger partial charge on any atom is -0.256 e. The molecule has 2 aromatic rings. The average Bonchev–Trinajstić information content (AvgIpc) is 2.59. The van der Waals surface area contributed by atoms with Crippen molar-refractivity contribution in [2.75, 3.05) is 0 Å². The van der Waals surface area contributed by atoms with E-state index in [1.807, 2.05) is 12.3 Å². The van der Waals surface area contributed by atoms with Crippen molar-refractivity contribution in [3.8, 4) is 11.3 Å². The molecule has 1 aromatic heterocycles. The maximum Gasteiger partial charge on any atom is 0.142 e. The SMILES string of the molecule is CC=CC1CCC(c2ccc(-c3ccc(Cl)c(F)c3)nc2)CC1. The number of benzene rings is 1. The van der Waals surface area contributed by atoms with Gasteiger partial charge in [0.25, 0.3) is 0 Å². The van der Waals surface area contributed by atoms with Gasteiger partial charge in [-0.2, -0.15) is 0 Å². The van der Waals surface area contributed by atoms with Crippen LogP contribution in [0.1, 0.15) is 44.1 Å². The van der Waals surface area contributed by atoms with Gasteiger partial charge in [-0.1, -0.05) is 35.9 Å². The summed E-state index contributed by atoms with van der Waals surface area (Å²) in [6, 6.07) is 8.93. The number of hydrogen-bond donors (Lipinski definition) is 0. The van der Waals surface area contributed by atoms with Crippen LogP contribution in [-0.4, -0.2) is 4.98 Å². The summed E-state index contributed by atoms with van der Waals surface area (Å²) in [5.74, 6) is 0.929. The molecule has 1 heterocycles. The highest BCUT2D eigenvalue weighted by atomic mass is 35.5. The van der Waals surface area contributed by atoms with Crippen molar-refractivity contribution >= 4 is 11.6 Å². The molecule has 3 rings (SSSR count). The van der Waals surface area contributed by atoms with Gasteiger partial charge in [-0.3, -0.25) is 4.98 Å². The Hall–Kier alpha value is -1.67. The van der Waals surface area contributed by atoms with Crippen LogP contribution in [0, 0.1) is 11.7 Å². The number of nitrogens with zero attached hydrogens (tertiary/aromatic N) is 1. The maximum absolute atomic E-state index is 13.6. The summed E-state index contributed by atoms with van der Waals surface area (Å²) in [6.45, 7) is 2.09. The maximum atomic E-state index is 13.6. The van der Waals surface area contributed by atoms with Crippen LogP contribution in [0.25, 0.3) is 11.3 Å². The van der Waals surface area contributed by atoms with Crippen LogP contribution in [0.2, 0.25) is 5.02 Å². The summed E-state index contributed by atoms with van der Waals surface area (Å²) in [6.07, 6.45) is 11.4. The highest BCUT2D eigenvalue weighted by molar-refractivity contribution is 6.30. The summed E-state index contributed by atoms with van der Waals surface area (Å²) in [4.78, 5) is 4.53. The zero-order valence-electron chi connectivity index (χ0n) is 13.3. The molecule has 0 N–H and O–H groups in total. The van der Waals surface area contributed by atoms with E-state index < -0.39 is 5.82 Å². The Balaban J connectivity index is 1.71. The first kappa shape index (κ1) is 16.2. The second-order valence-electron chi connectivity index (χ2n) is 6.24. The molecule has 1 aromatic carbocycles. The molecule has 0 spiro atoms. The molecule has 23 heavy (non-hydrogen) atoms. The summed E-state index contributed by atoms with van der Waals surface area (Å²) < 4.78 is 13.6. The van der Waals surface area contributed by atoms with Crippen molar-refractivity contribution < 1.29 is 4.39 Å². The summed E-state index contributed by atoms with van der Waals surface area (Å²) in [5.41, 5.74) is 2.84. The molecule has 0 radical (unpaired) electrons. The largest absolute Gasteiger partial charge is 0.256 e. The van der Waals surface area contributed by atoms with Crippen LogP contribution >= 0.6 is 11.6 Å². The Morgan fingerprint density at radius 3 is 2.52 bits per heavy atom. The fourth-order valence-corrected chi connectivity index (χ4v) is 3.51. The second kappa shape index (κ2) is 7.27. The van der Waals surface area contributed by atoms with Gasteiger partial charge in [0.05, 0.1) is 10.7 Å². The fraction of sp³-hybridized carbons (Fsp3) is 0.350. The monoisotopic (exact) mass is 329 g/mol. The highest BCUT2D eigenvalue weighted by Gasteiger charge is 2.21. The third-order valence-corrected chi connectivity index (χ3v) is 5.02. The Bertz CT molecular complexity index is 685. The second-order valence-corrected chi connectivity index (χ2v) is 6.65. The van der Waals surface area contributed by atoms with Crippen molar-refractivity contribution in [3.05, 3.63) is 65.1 Å². The topological polar surface area (TPSA) is 12.9 Å². The van der Waals surface area contributed by atoms with Gasteiger partial charge >= 0.3 is 0 Å². The first-order valence-electron chi connectivity index (χ1n) is 8.21. The predicted molar refractivity (Wildman–Crippen MR) is 94.2 cm³/mol. The van der Waals surface area contributed by atoms with Crippen molar-refractivity contribution in [1.82, 2.24) is 4.98 Å². The third-order valence-electron chi connectivity index (χ3n) is 4.71. The van der Waals surface area contributed by atoms with Gasteiger partial charge < -0.3 is 0 Å². The molecule has 0 aliphatic heterocycles. The van der Waals surface area contributed by atoms with E-state index in [9.17, 15) is 4.39 Å². The number of rotatable bonds is 3. The Morgan fingerprint density at radius 1 is 1.13 bits per heavy atom.